The number of rotatable bonds is 4. The van der Waals surface area contributed by atoms with Crippen LogP contribution in [0.15, 0.2) is 82.5 Å². The van der Waals surface area contributed by atoms with Crippen molar-refractivity contribution in [3.63, 3.8) is 0 Å². The minimum atomic E-state index is -0.806. The van der Waals surface area contributed by atoms with Crippen molar-refractivity contribution < 1.29 is 9.59 Å². The molecule has 4 aromatic rings. The van der Waals surface area contributed by atoms with Crippen LogP contribution in [0.5, 0.6) is 0 Å². The van der Waals surface area contributed by atoms with Crippen molar-refractivity contribution in [3.05, 3.63) is 110 Å². The normalized spacial score (nSPS) is 10.8. The molecule has 2 aromatic heterocycles. The molecule has 0 aliphatic heterocycles. The van der Waals surface area contributed by atoms with Crippen LogP contribution >= 0.6 is 11.3 Å². The Kier molecular flexibility index (Phi) is 4.92. The number of thiazole rings is 1. The lowest BCUT2D eigenvalue weighted by Gasteiger charge is -2.03. The third-order valence-corrected chi connectivity index (χ3v) is 5.34. The molecule has 2 aromatic carbocycles. The van der Waals surface area contributed by atoms with Crippen LogP contribution in [0.3, 0.4) is 0 Å². The van der Waals surface area contributed by atoms with E-state index in [2.05, 4.69) is 5.32 Å². The molecule has 0 unspecified atom stereocenters. The summed E-state index contributed by atoms with van der Waals surface area (Å²) in [5, 5.41) is 2.78. The van der Waals surface area contributed by atoms with Crippen LogP contribution in [0.2, 0.25) is 0 Å². The van der Waals surface area contributed by atoms with Crippen molar-refractivity contribution in [2.24, 2.45) is 0 Å². The molecule has 0 aliphatic rings. The van der Waals surface area contributed by atoms with E-state index in [1.165, 1.54) is 24.4 Å². The maximum absolute atomic E-state index is 12.8. The Morgan fingerprint density at radius 2 is 1.59 bits per heavy atom. The molecule has 29 heavy (non-hydrogen) atoms. The molecule has 1 amide bonds. The summed E-state index contributed by atoms with van der Waals surface area (Å²) in [5.74, 6) is -1.08. The summed E-state index contributed by atoms with van der Waals surface area (Å²) in [7, 11) is 0. The van der Waals surface area contributed by atoms with Gasteiger partial charge in [0, 0.05) is 24.4 Å². The maximum atomic E-state index is 12.8. The highest BCUT2D eigenvalue weighted by Gasteiger charge is 2.18. The molecule has 0 radical (unpaired) electrons. The van der Waals surface area contributed by atoms with Crippen LogP contribution in [-0.2, 0) is 6.54 Å². The number of nitrogens with zero attached hydrogens (tertiary/aromatic N) is 2. The lowest BCUT2D eigenvalue weighted by Crippen LogP contribution is -2.41. The van der Waals surface area contributed by atoms with E-state index in [0.29, 0.717) is 15.9 Å². The summed E-state index contributed by atoms with van der Waals surface area (Å²) < 4.78 is 1.71. The highest BCUT2D eigenvalue weighted by atomic mass is 32.1. The minimum absolute atomic E-state index is 0.225. The number of amides is 1. The zero-order valence-electron chi connectivity index (χ0n) is 15.1. The van der Waals surface area contributed by atoms with Gasteiger partial charge in [0.2, 0.25) is 0 Å². The van der Waals surface area contributed by atoms with Crippen molar-refractivity contribution in [2.75, 3.05) is 0 Å². The topological polar surface area (TPSA) is 89.7 Å². The molecule has 4 rings (SSSR count). The van der Waals surface area contributed by atoms with Crippen molar-refractivity contribution in [2.45, 2.75) is 6.54 Å². The van der Waals surface area contributed by atoms with Gasteiger partial charge in [-0.1, -0.05) is 48.5 Å². The third-order valence-electron chi connectivity index (χ3n) is 4.31. The quantitative estimate of drug-likeness (QED) is 0.563. The molecular weight excluding hydrogens is 390 g/mol. The van der Waals surface area contributed by atoms with Gasteiger partial charge >= 0.3 is 5.69 Å². The van der Waals surface area contributed by atoms with Crippen molar-refractivity contribution in [3.8, 4) is 0 Å². The van der Waals surface area contributed by atoms with Crippen LogP contribution in [0.1, 0.15) is 25.6 Å². The van der Waals surface area contributed by atoms with Gasteiger partial charge in [-0.25, -0.2) is 4.79 Å². The number of fused-ring (bicyclic) bond motifs is 1. The number of carbonyl (C=O) groups excluding carboxylic acids is 2. The molecule has 1 N–H and O–H groups in total. The number of aromatic nitrogens is 2. The summed E-state index contributed by atoms with van der Waals surface area (Å²) in [4.78, 5) is 50.8. The van der Waals surface area contributed by atoms with Gasteiger partial charge in [-0.05, 0) is 17.7 Å². The summed E-state index contributed by atoms with van der Waals surface area (Å²) in [6.07, 6.45) is 1.34. The molecule has 0 saturated carbocycles. The Hall–Kier alpha value is -3.78. The fourth-order valence-corrected chi connectivity index (χ4v) is 3.79. The van der Waals surface area contributed by atoms with Gasteiger partial charge < -0.3 is 5.32 Å². The van der Waals surface area contributed by atoms with Gasteiger partial charge in [0.1, 0.15) is 9.71 Å². The first-order valence-electron chi connectivity index (χ1n) is 8.75. The molecule has 0 saturated heterocycles. The fraction of sp³-hybridized carbons (Fsp3) is 0.0476. The van der Waals surface area contributed by atoms with Gasteiger partial charge in [0.25, 0.3) is 17.4 Å². The van der Waals surface area contributed by atoms with E-state index in [1.807, 2.05) is 30.3 Å². The molecule has 144 valence electrons. The van der Waals surface area contributed by atoms with E-state index < -0.39 is 17.2 Å². The minimum Gasteiger partial charge on any atom is -0.347 e. The SMILES string of the molecule is O=C(NCc1ccccc1)c1cn2c(=O)n(C(=O)c3ccccc3)c(=O)cc2s1. The zero-order chi connectivity index (χ0) is 20.4. The second-order valence-corrected chi connectivity index (χ2v) is 7.31. The molecule has 7 nitrogen and oxygen atoms in total. The predicted molar refractivity (Wildman–Crippen MR) is 110 cm³/mol. The van der Waals surface area contributed by atoms with Crippen LogP contribution in [0.4, 0.5) is 0 Å². The molecule has 8 heteroatoms. The first kappa shape index (κ1) is 18.6. The maximum Gasteiger partial charge on any atom is 0.343 e. The fourth-order valence-electron chi connectivity index (χ4n) is 2.86. The Balaban J connectivity index is 1.67. The highest BCUT2D eigenvalue weighted by molar-refractivity contribution is 7.19. The van der Waals surface area contributed by atoms with Crippen molar-refractivity contribution in [1.29, 1.82) is 0 Å². The Morgan fingerprint density at radius 3 is 2.28 bits per heavy atom. The second-order valence-electron chi connectivity index (χ2n) is 6.24. The smallest absolute Gasteiger partial charge is 0.343 e. The number of hydrogen-bond donors (Lipinski definition) is 1. The number of hydrogen-bond acceptors (Lipinski definition) is 5. The first-order valence-corrected chi connectivity index (χ1v) is 9.56. The molecule has 0 aliphatic carbocycles. The van der Waals surface area contributed by atoms with Crippen LogP contribution in [-0.4, -0.2) is 20.8 Å². The molecule has 0 spiro atoms. The molecular formula is C21H15N3O4S. The number of carbonyl (C=O) groups is 2. The average molecular weight is 405 g/mol. The highest BCUT2D eigenvalue weighted by Crippen LogP contribution is 2.15. The zero-order valence-corrected chi connectivity index (χ0v) is 15.9. The number of nitrogens with one attached hydrogen (secondary N) is 1. The van der Waals surface area contributed by atoms with Crippen molar-refractivity contribution in [1.82, 2.24) is 14.3 Å². The van der Waals surface area contributed by atoms with Gasteiger partial charge in [0.15, 0.2) is 0 Å². The van der Waals surface area contributed by atoms with E-state index in [4.69, 9.17) is 0 Å². The lowest BCUT2D eigenvalue weighted by molar-refractivity contribution is 0.0945. The van der Waals surface area contributed by atoms with Crippen LogP contribution < -0.4 is 16.6 Å². The van der Waals surface area contributed by atoms with E-state index in [1.54, 1.807) is 18.2 Å². The van der Waals surface area contributed by atoms with E-state index >= 15 is 0 Å². The molecule has 2 heterocycles. The first-order chi connectivity index (χ1) is 14.0. The molecule has 0 atom stereocenters. The lowest BCUT2D eigenvalue weighted by atomic mass is 10.2. The standard InChI is InChI=1S/C21H15N3O4S/c25-17-11-18-23(21(28)24(17)20(27)15-9-5-2-6-10-15)13-16(29-18)19(26)22-12-14-7-3-1-4-8-14/h1-11,13H,12H2,(H,22,26). The largest absolute Gasteiger partial charge is 0.347 e. The monoisotopic (exact) mass is 405 g/mol. The van der Waals surface area contributed by atoms with E-state index in [0.717, 1.165) is 21.3 Å². The Bertz CT molecular complexity index is 1320. The van der Waals surface area contributed by atoms with E-state index in [9.17, 15) is 19.2 Å². The summed E-state index contributed by atoms with van der Waals surface area (Å²) in [5.41, 5.74) is -0.378. The molecule has 0 fully saturated rings. The Morgan fingerprint density at radius 1 is 0.931 bits per heavy atom. The van der Waals surface area contributed by atoms with Crippen LogP contribution in [0.25, 0.3) is 4.83 Å². The average Bonchev–Trinajstić information content (AvgIpc) is 3.17. The van der Waals surface area contributed by atoms with Crippen molar-refractivity contribution >= 4 is 28.0 Å². The summed E-state index contributed by atoms with van der Waals surface area (Å²) >= 11 is 1.01. The summed E-state index contributed by atoms with van der Waals surface area (Å²) in [6.45, 7) is 0.335. The molecule has 0 bridgehead atoms. The van der Waals surface area contributed by atoms with Gasteiger partial charge in [0.05, 0.1) is 0 Å². The summed E-state index contributed by atoms with van der Waals surface area (Å²) in [6, 6.07) is 18.7. The van der Waals surface area contributed by atoms with Gasteiger partial charge in [-0.2, -0.15) is 4.57 Å². The number of benzene rings is 2. The predicted octanol–water partition coefficient (Wildman–Crippen LogP) is 2.14. The Labute approximate surface area is 168 Å². The van der Waals surface area contributed by atoms with Crippen LogP contribution in [0, 0.1) is 0 Å². The third kappa shape index (κ3) is 3.65. The van der Waals surface area contributed by atoms with Gasteiger partial charge in [-0.3, -0.25) is 18.8 Å². The van der Waals surface area contributed by atoms with Gasteiger partial charge in [-0.15, -0.1) is 11.3 Å². The van der Waals surface area contributed by atoms with E-state index in [-0.39, 0.29) is 16.3 Å². The second kappa shape index (κ2) is 7.69.